The van der Waals surface area contributed by atoms with E-state index in [4.69, 9.17) is 4.42 Å². The maximum Gasteiger partial charge on any atom is 0.134 e. The lowest BCUT2D eigenvalue weighted by Crippen LogP contribution is -2.27. The van der Waals surface area contributed by atoms with Crippen LogP contribution in [0.5, 0.6) is 0 Å². The summed E-state index contributed by atoms with van der Waals surface area (Å²) in [7, 11) is 0. The third-order valence-electron chi connectivity index (χ3n) is 3.60. The van der Waals surface area contributed by atoms with Crippen LogP contribution in [0.1, 0.15) is 30.1 Å². The molecule has 3 rings (SSSR count). The molecule has 3 nitrogen and oxygen atoms in total. The minimum Gasteiger partial charge on any atom is -0.460 e. The molecule has 2 N–H and O–H groups in total. The van der Waals surface area contributed by atoms with Crippen molar-refractivity contribution in [2.75, 3.05) is 0 Å². The number of rotatable bonds is 6. The molecule has 22 heavy (non-hydrogen) atoms. The maximum absolute atomic E-state index is 13.2. The van der Waals surface area contributed by atoms with Crippen LogP contribution in [0.4, 0.5) is 4.39 Å². The van der Waals surface area contributed by atoms with Gasteiger partial charge in [0.1, 0.15) is 17.2 Å². The van der Waals surface area contributed by atoms with Crippen LogP contribution in [0.15, 0.2) is 46.2 Å². The fourth-order valence-corrected chi connectivity index (χ4v) is 3.17. The topological polar surface area (TPSA) is 45.4 Å². The average molecular weight is 319 g/mol. The van der Waals surface area contributed by atoms with Gasteiger partial charge in [0.2, 0.25) is 0 Å². The van der Waals surface area contributed by atoms with Gasteiger partial charge in [0.15, 0.2) is 0 Å². The van der Waals surface area contributed by atoms with Crippen molar-refractivity contribution in [1.82, 2.24) is 5.32 Å². The van der Waals surface area contributed by atoms with Crippen molar-refractivity contribution in [3.63, 3.8) is 0 Å². The summed E-state index contributed by atoms with van der Waals surface area (Å²) < 4.78 is 18.8. The van der Waals surface area contributed by atoms with E-state index in [2.05, 4.69) is 5.32 Å². The molecular formula is C17H18FNO2S. The molecule has 0 saturated heterocycles. The molecule has 0 bridgehead atoms. The molecule has 2 heterocycles. The largest absolute Gasteiger partial charge is 0.460 e. The van der Waals surface area contributed by atoms with Crippen molar-refractivity contribution in [3.05, 3.63) is 58.2 Å². The van der Waals surface area contributed by atoms with Gasteiger partial charge in [-0.05, 0) is 49.1 Å². The van der Waals surface area contributed by atoms with Crippen molar-refractivity contribution in [2.45, 2.75) is 32.0 Å². The first-order chi connectivity index (χ1) is 10.6. The molecule has 0 aliphatic carbocycles. The molecular weight excluding hydrogens is 301 g/mol. The SMILES string of the molecule is CC(CC(O)c1cccs1)NCc1cc2cc(F)ccc2o1. The van der Waals surface area contributed by atoms with E-state index in [1.807, 2.05) is 30.5 Å². The predicted molar refractivity (Wildman–Crippen MR) is 86.4 cm³/mol. The van der Waals surface area contributed by atoms with Crippen molar-refractivity contribution in [2.24, 2.45) is 0 Å². The summed E-state index contributed by atoms with van der Waals surface area (Å²) in [5.41, 5.74) is 0.685. The molecule has 116 valence electrons. The lowest BCUT2D eigenvalue weighted by atomic mass is 10.1. The van der Waals surface area contributed by atoms with Gasteiger partial charge in [-0.25, -0.2) is 4.39 Å². The first-order valence-corrected chi connectivity index (χ1v) is 8.12. The summed E-state index contributed by atoms with van der Waals surface area (Å²) in [6, 6.07) is 10.4. The number of hydrogen-bond acceptors (Lipinski definition) is 4. The van der Waals surface area contributed by atoms with Crippen molar-refractivity contribution < 1.29 is 13.9 Å². The Morgan fingerprint density at radius 2 is 2.18 bits per heavy atom. The smallest absolute Gasteiger partial charge is 0.134 e. The molecule has 1 aromatic carbocycles. The number of nitrogens with one attached hydrogen (secondary N) is 1. The zero-order valence-corrected chi connectivity index (χ0v) is 13.1. The molecule has 0 amide bonds. The maximum atomic E-state index is 13.2. The van der Waals surface area contributed by atoms with E-state index >= 15 is 0 Å². The van der Waals surface area contributed by atoms with E-state index in [1.54, 1.807) is 17.4 Å². The van der Waals surface area contributed by atoms with Gasteiger partial charge in [-0.15, -0.1) is 11.3 Å². The Kier molecular flexibility index (Phi) is 4.57. The second-order valence-electron chi connectivity index (χ2n) is 5.44. The van der Waals surface area contributed by atoms with Crippen LogP contribution in [0.2, 0.25) is 0 Å². The fourth-order valence-electron chi connectivity index (χ4n) is 2.45. The standard InChI is InChI=1S/C17H18FNO2S/c1-11(7-15(20)17-3-2-6-22-17)19-10-14-9-12-8-13(18)4-5-16(12)21-14/h2-6,8-9,11,15,19-20H,7,10H2,1H3. The Morgan fingerprint density at radius 3 is 2.95 bits per heavy atom. The highest BCUT2D eigenvalue weighted by atomic mass is 32.1. The van der Waals surface area contributed by atoms with Crippen LogP contribution in [0.3, 0.4) is 0 Å². The summed E-state index contributed by atoms with van der Waals surface area (Å²) in [5.74, 6) is 0.498. The molecule has 0 fully saturated rings. The Labute approximate surface area is 132 Å². The molecule has 0 aliphatic rings. The van der Waals surface area contributed by atoms with E-state index in [-0.39, 0.29) is 11.9 Å². The predicted octanol–water partition coefficient (Wildman–Crippen LogP) is 4.24. The van der Waals surface area contributed by atoms with Gasteiger partial charge in [-0.2, -0.15) is 0 Å². The lowest BCUT2D eigenvalue weighted by Gasteiger charge is -2.16. The minimum absolute atomic E-state index is 0.141. The van der Waals surface area contributed by atoms with Crippen LogP contribution < -0.4 is 5.32 Å². The molecule has 2 aromatic heterocycles. The first kappa shape index (κ1) is 15.2. The molecule has 2 unspecified atom stereocenters. The Bertz CT molecular complexity index is 738. The number of furan rings is 1. The molecule has 0 radical (unpaired) electrons. The van der Waals surface area contributed by atoms with Gasteiger partial charge in [0.25, 0.3) is 0 Å². The monoisotopic (exact) mass is 319 g/mol. The van der Waals surface area contributed by atoms with E-state index in [0.29, 0.717) is 18.5 Å². The van der Waals surface area contributed by atoms with Crippen LogP contribution >= 0.6 is 11.3 Å². The van der Waals surface area contributed by atoms with Crippen LogP contribution in [0, 0.1) is 5.82 Å². The quantitative estimate of drug-likeness (QED) is 0.714. The zero-order valence-electron chi connectivity index (χ0n) is 12.3. The average Bonchev–Trinajstić information content (AvgIpc) is 3.13. The number of thiophene rings is 1. The normalized spacial score (nSPS) is 14.3. The van der Waals surface area contributed by atoms with E-state index < -0.39 is 6.10 Å². The lowest BCUT2D eigenvalue weighted by molar-refractivity contribution is 0.157. The highest BCUT2D eigenvalue weighted by Crippen LogP contribution is 2.23. The molecule has 0 aliphatic heterocycles. The second kappa shape index (κ2) is 6.60. The number of aliphatic hydroxyl groups excluding tert-OH is 1. The number of hydrogen-bond donors (Lipinski definition) is 2. The second-order valence-corrected chi connectivity index (χ2v) is 6.42. The third-order valence-corrected chi connectivity index (χ3v) is 4.58. The molecule has 0 saturated carbocycles. The van der Waals surface area contributed by atoms with Crippen molar-refractivity contribution in [3.8, 4) is 0 Å². The van der Waals surface area contributed by atoms with Gasteiger partial charge in [0.05, 0.1) is 12.6 Å². The van der Waals surface area contributed by atoms with Crippen LogP contribution in [-0.4, -0.2) is 11.1 Å². The van der Waals surface area contributed by atoms with Gasteiger partial charge in [0, 0.05) is 16.3 Å². The Balaban J connectivity index is 1.56. The summed E-state index contributed by atoms with van der Waals surface area (Å²) in [4.78, 5) is 0.980. The first-order valence-electron chi connectivity index (χ1n) is 7.24. The summed E-state index contributed by atoms with van der Waals surface area (Å²) in [6.45, 7) is 2.58. The number of aliphatic hydroxyl groups is 1. The van der Waals surface area contributed by atoms with Crippen LogP contribution in [-0.2, 0) is 6.54 Å². The Hall–Kier alpha value is -1.69. The third kappa shape index (κ3) is 3.55. The summed E-state index contributed by atoms with van der Waals surface area (Å²) in [6.07, 6.45) is 0.183. The van der Waals surface area contributed by atoms with Gasteiger partial charge in [-0.3, -0.25) is 0 Å². The van der Waals surface area contributed by atoms with Gasteiger partial charge >= 0.3 is 0 Å². The number of fused-ring (bicyclic) bond motifs is 1. The molecule has 0 spiro atoms. The van der Waals surface area contributed by atoms with E-state index in [0.717, 1.165) is 16.0 Å². The number of halogens is 1. The minimum atomic E-state index is -0.452. The highest BCUT2D eigenvalue weighted by molar-refractivity contribution is 7.10. The molecule has 5 heteroatoms. The van der Waals surface area contributed by atoms with Gasteiger partial charge < -0.3 is 14.8 Å². The van der Waals surface area contributed by atoms with E-state index in [9.17, 15) is 9.50 Å². The van der Waals surface area contributed by atoms with Crippen molar-refractivity contribution >= 4 is 22.3 Å². The zero-order chi connectivity index (χ0) is 15.5. The summed E-state index contributed by atoms with van der Waals surface area (Å²) >= 11 is 1.56. The Morgan fingerprint density at radius 1 is 1.32 bits per heavy atom. The highest BCUT2D eigenvalue weighted by Gasteiger charge is 2.13. The van der Waals surface area contributed by atoms with E-state index in [1.165, 1.54) is 12.1 Å². The van der Waals surface area contributed by atoms with Crippen molar-refractivity contribution in [1.29, 1.82) is 0 Å². The summed E-state index contributed by atoms with van der Waals surface area (Å²) in [5, 5.41) is 16.2. The van der Waals surface area contributed by atoms with Gasteiger partial charge in [-0.1, -0.05) is 6.07 Å². The van der Waals surface area contributed by atoms with Crippen LogP contribution in [0.25, 0.3) is 11.0 Å². The fraction of sp³-hybridized carbons (Fsp3) is 0.294. The number of benzene rings is 1. The molecule has 3 aromatic rings. The molecule has 2 atom stereocenters.